The van der Waals surface area contributed by atoms with E-state index >= 15 is 0 Å². The van der Waals surface area contributed by atoms with Crippen molar-refractivity contribution in [2.75, 3.05) is 6.61 Å². The molecular weight excluding hydrogens is 220 g/mol. The lowest BCUT2D eigenvalue weighted by molar-refractivity contribution is -0.121. The number of hydrogen-bond donors (Lipinski definition) is 3. The van der Waals surface area contributed by atoms with Crippen molar-refractivity contribution in [3.63, 3.8) is 0 Å². The summed E-state index contributed by atoms with van der Waals surface area (Å²) in [5.74, 6) is -0.00622. The van der Waals surface area contributed by atoms with E-state index in [0.29, 0.717) is 5.57 Å². The van der Waals surface area contributed by atoms with Gasteiger partial charge in [-0.15, -0.1) is 0 Å². The number of allylic oxidation sites excluding steroid dienone is 1. The summed E-state index contributed by atoms with van der Waals surface area (Å²) in [6.07, 6.45) is 3.50. The zero-order chi connectivity index (χ0) is 13.3. The van der Waals surface area contributed by atoms with Gasteiger partial charge in [-0.3, -0.25) is 4.79 Å². The van der Waals surface area contributed by atoms with E-state index in [2.05, 4.69) is 0 Å². The van der Waals surface area contributed by atoms with Gasteiger partial charge in [-0.05, 0) is 24.6 Å². The fourth-order valence-electron chi connectivity index (χ4n) is 2.17. The van der Waals surface area contributed by atoms with E-state index in [-0.39, 0.29) is 12.2 Å². The molecule has 1 rings (SSSR count). The monoisotopic (exact) mass is 240 g/mol. The highest BCUT2D eigenvalue weighted by molar-refractivity contribution is 5.92. The largest absolute Gasteiger partial charge is 0.393 e. The van der Waals surface area contributed by atoms with Gasteiger partial charge in [0.05, 0.1) is 12.7 Å². The topological polar surface area (TPSA) is 77.8 Å². The highest BCUT2D eigenvalue weighted by atomic mass is 16.3. The van der Waals surface area contributed by atoms with Crippen molar-refractivity contribution in [2.24, 2.45) is 5.41 Å². The van der Waals surface area contributed by atoms with Crippen LogP contribution in [0.1, 0.15) is 27.2 Å². The van der Waals surface area contributed by atoms with Gasteiger partial charge >= 0.3 is 0 Å². The molecule has 2 unspecified atom stereocenters. The number of aliphatic hydroxyl groups excluding tert-OH is 2. The van der Waals surface area contributed by atoms with Crippen LogP contribution in [-0.2, 0) is 4.79 Å². The molecule has 0 aliphatic heterocycles. The van der Waals surface area contributed by atoms with Crippen LogP contribution in [0, 0.1) is 5.41 Å². The van der Waals surface area contributed by atoms with Crippen molar-refractivity contribution in [3.05, 3.63) is 23.8 Å². The van der Waals surface area contributed by atoms with Crippen LogP contribution in [0.5, 0.6) is 0 Å². The van der Waals surface area contributed by atoms with Gasteiger partial charge in [-0.1, -0.05) is 19.9 Å². The molecule has 0 aromatic rings. The number of carbonyl (C=O) groups is 1. The molecule has 0 saturated carbocycles. The Morgan fingerprint density at radius 1 is 1.53 bits per heavy atom. The standard InChI is InChI=1S/C13H20O4/c1-9-6-11(16)7-12(2,3)13(9,17)5-4-10(15)8-14/h4-6,10,14-15,17H,7-8H2,1-3H3. The maximum absolute atomic E-state index is 11.5. The van der Waals surface area contributed by atoms with Gasteiger partial charge in [-0.2, -0.15) is 0 Å². The number of aliphatic hydroxyl groups is 3. The lowest BCUT2D eigenvalue weighted by atomic mass is 9.64. The van der Waals surface area contributed by atoms with E-state index in [0.717, 1.165) is 0 Å². The van der Waals surface area contributed by atoms with Crippen LogP contribution in [0.2, 0.25) is 0 Å². The summed E-state index contributed by atoms with van der Waals surface area (Å²) < 4.78 is 0. The first-order valence-electron chi connectivity index (χ1n) is 5.65. The van der Waals surface area contributed by atoms with Crippen LogP contribution in [0.25, 0.3) is 0 Å². The number of carbonyl (C=O) groups excluding carboxylic acids is 1. The fraction of sp³-hybridized carbons (Fsp3) is 0.615. The minimum absolute atomic E-state index is 0.00622. The normalized spacial score (nSPS) is 30.5. The van der Waals surface area contributed by atoms with Crippen molar-refractivity contribution < 1.29 is 20.1 Å². The lowest BCUT2D eigenvalue weighted by Crippen LogP contribution is -2.48. The lowest BCUT2D eigenvalue weighted by Gasteiger charge is -2.44. The summed E-state index contributed by atoms with van der Waals surface area (Å²) in [5.41, 5.74) is -1.34. The van der Waals surface area contributed by atoms with Gasteiger partial charge < -0.3 is 15.3 Å². The molecule has 0 bridgehead atoms. The van der Waals surface area contributed by atoms with Crippen molar-refractivity contribution in [3.8, 4) is 0 Å². The molecule has 0 aromatic carbocycles. The van der Waals surface area contributed by atoms with Gasteiger partial charge in [-0.25, -0.2) is 0 Å². The van der Waals surface area contributed by atoms with Gasteiger partial charge in [0, 0.05) is 11.8 Å². The molecule has 3 N–H and O–H groups in total. The fourth-order valence-corrected chi connectivity index (χ4v) is 2.17. The molecule has 0 radical (unpaired) electrons. The summed E-state index contributed by atoms with van der Waals surface area (Å²) in [6.45, 7) is 4.90. The van der Waals surface area contributed by atoms with Crippen LogP contribution in [-0.4, -0.2) is 39.4 Å². The molecule has 1 aliphatic rings. The smallest absolute Gasteiger partial charge is 0.156 e. The maximum Gasteiger partial charge on any atom is 0.156 e. The Bertz CT molecular complexity index is 368. The average Bonchev–Trinajstić information content (AvgIpc) is 2.22. The first-order valence-corrected chi connectivity index (χ1v) is 5.65. The van der Waals surface area contributed by atoms with Crippen molar-refractivity contribution in [1.82, 2.24) is 0 Å². The first-order chi connectivity index (χ1) is 7.73. The van der Waals surface area contributed by atoms with Gasteiger partial charge in [0.15, 0.2) is 5.78 Å². The van der Waals surface area contributed by atoms with E-state index in [1.165, 1.54) is 18.2 Å². The molecule has 0 saturated heterocycles. The van der Waals surface area contributed by atoms with Crippen molar-refractivity contribution in [2.45, 2.75) is 38.9 Å². The Balaban J connectivity index is 3.10. The quantitative estimate of drug-likeness (QED) is 0.630. The van der Waals surface area contributed by atoms with Crippen LogP contribution in [0.15, 0.2) is 23.8 Å². The van der Waals surface area contributed by atoms with Crippen LogP contribution in [0.4, 0.5) is 0 Å². The number of ketones is 1. The Labute approximate surface area is 101 Å². The summed E-state index contributed by atoms with van der Waals surface area (Å²) >= 11 is 0. The number of rotatable bonds is 3. The summed E-state index contributed by atoms with van der Waals surface area (Å²) in [4.78, 5) is 11.5. The van der Waals surface area contributed by atoms with Crippen molar-refractivity contribution in [1.29, 1.82) is 0 Å². The summed E-state index contributed by atoms with van der Waals surface area (Å²) in [5, 5.41) is 28.6. The third-order valence-corrected chi connectivity index (χ3v) is 3.37. The first kappa shape index (κ1) is 14.1. The molecule has 4 heteroatoms. The van der Waals surface area contributed by atoms with Gasteiger partial charge in [0.1, 0.15) is 5.60 Å². The molecule has 0 spiro atoms. The summed E-state index contributed by atoms with van der Waals surface area (Å²) in [7, 11) is 0. The van der Waals surface area contributed by atoms with Crippen LogP contribution >= 0.6 is 0 Å². The van der Waals surface area contributed by atoms with Crippen molar-refractivity contribution >= 4 is 5.78 Å². The molecule has 17 heavy (non-hydrogen) atoms. The second kappa shape index (κ2) is 4.72. The van der Waals surface area contributed by atoms with Gasteiger partial charge in [0.25, 0.3) is 0 Å². The highest BCUT2D eigenvalue weighted by Gasteiger charge is 2.46. The van der Waals surface area contributed by atoms with Crippen LogP contribution < -0.4 is 0 Å². The van der Waals surface area contributed by atoms with E-state index < -0.39 is 23.7 Å². The van der Waals surface area contributed by atoms with E-state index in [4.69, 9.17) is 5.11 Å². The Morgan fingerprint density at radius 2 is 2.12 bits per heavy atom. The average molecular weight is 240 g/mol. The molecular formula is C13H20O4. The molecule has 0 heterocycles. The molecule has 4 nitrogen and oxygen atoms in total. The predicted octanol–water partition coefficient (Wildman–Crippen LogP) is 0.572. The molecule has 2 atom stereocenters. The molecule has 1 aliphatic carbocycles. The Kier molecular flexibility index (Phi) is 3.91. The molecule has 0 fully saturated rings. The maximum atomic E-state index is 11.5. The second-order valence-corrected chi connectivity index (χ2v) is 5.23. The van der Waals surface area contributed by atoms with E-state index in [1.807, 2.05) is 0 Å². The third-order valence-electron chi connectivity index (χ3n) is 3.37. The van der Waals surface area contributed by atoms with E-state index in [9.17, 15) is 15.0 Å². The predicted molar refractivity (Wildman–Crippen MR) is 64.3 cm³/mol. The molecule has 0 amide bonds. The zero-order valence-corrected chi connectivity index (χ0v) is 10.5. The molecule has 0 aromatic heterocycles. The third kappa shape index (κ3) is 2.65. The van der Waals surface area contributed by atoms with Gasteiger partial charge in [0.2, 0.25) is 0 Å². The highest BCUT2D eigenvalue weighted by Crippen LogP contribution is 2.44. The minimum atomic E-state index is -1.27. The number of hydrogen-bond acceptors (Lipinski definition) is 4. The minimum Gasteiger partial charge on any atom is -0.393 e. The Hall–Kier alpha value is -0.970. The zero-order valence-electron chi connectivity index (χ0n) is 10.5. The molecule has 96 valence electrons. The van der Waals surface area contributed by atoms with Crippen LogP contribution in [0.3, 0.4) is 0 Å². The summed E-state index contributed by atoms with van der Waals surface area (Å²) in [6, 6.07) is 0. The SMILES string of the molecule is CC1=CC(=O)CC(C)(C)C1(O)C=CC(O)CO. The Morgan fingerprint density at radius 3 is 2.59 bits per heavy atom. The van der Waals surface area contributed by atoms with E-state index in [1.54, 1.807) is 20.8 Å². The second-order valence-electron chi connectivity index (χ2n) is 5.23.